The lowest BCUT2D eigenvalue weighted by molar-refractivity contribution is -0.143. The van der Waals surface area contributed by atoms with Crippen molar-refractivity contribution in [2.45, 2.75) is 45.3 Å². The summed E-state index contributed by atoms with van der Waals surface area (Å²) < 4.78 is 5.42. The highest BCUT2D eigenvalue weighted by atomic mass is 16.5. The minimum absolute atomic E-state index is 0.00824. The fourth-order valence-corrected chi connectivity index (χ4v) is 3.93. The number of aliphatic hydroxyl groups excluding tert-OH is 1. The molecule has 1 amide bonds. The van der Waals surface area contributed by atoms with Crippen LogP contribution in [0.1, 0.15) is 33.1 Å². The van der Waals surface area contributed by atoms with Crippen LogP contribution in [0.4, 0.5) is 0 Å². The summed E-state index contributed by atoms with van der Waals surface area (Å²) >= 11 is 0. The van der Waals surface area contributed by atoms with Gasteiger partial charge in [-0.15, -0.1) is 0 Å². The summed E-state index contributed by atoms with van der Waals surface area (Å²) in [6.07, 6.45) is 2.32. The molecule has 0 bridgehead atoms. The average molecular weight is 296 g/mol. The quantitative estimate of drug-likeness (QED) is 0.816. The first-order valence-electron chi connectivity index (χ1n) is 8.23. The predicted molar refractivity (Wildman–Crippen MR) is 79.9 cm³/mol. The Morgan fingerprint density at radius 2 is 2.05 bits per heavy atom. The minimum atomic E-state index is -0.272. The molecule has 3 heterocycles. The monoisotopic (exact) mass is 296 g/mol. The molecule has 2 unspecified atom stereocenters. The van der Waals surface area contributed by atoms with E-state index in [4.69, 9.17) is 4.74 Å². The molecule has 0 aromatic heterocycles. The Bertz CT molecular complexity index is 387. The van der Waals surface area contributed by atoms with E-state index in [1.165, 1.54) is 0 Å². The Hall–Kier alpha value is -0.650. The Morgan fingerprint density at radius 3 is 2.71 bits per heavy atom. The van der Waals surface area contributed by atoms with Gasteiger partial charge in [-0.1, -0.05) is 13.8 Å². The lowest BCUT2D eigenvalue weighted by atomic mass is 9.86. The van der Waals surface area contributed by atoms with Crippen LogP contribution >= 0.6 is 0 Å². The number of carbonyl (C=O) groups excluding carboxylic acids is 1. The molecule has 3 aliphatic heterocycles. The Labute approximate surface area is 127 Å². The molecule has 0 aromatic rings. The van der Waals surface area contributed by atoms with Gasteiger partial charge >= 0.3 is 0 Å². The van der Waals surface area contributed by atoms with Crippen molar-refractivity contribution in [1.29, 1.82) is 0 Å². The summed E-state index contributed by atoms with van der Waals surface area (Å²) in [5.74, 6) is 0.434. The van der Waals surface area contributed by atoms with Crippen molar-refractivity contribution in [3.8, 4) is 0 Å². The summed E-state index contributed by atoms with van der Waals surface area (Å²) in [6.45, 7) is 9.20. The highest BCUT2D eigenvalue weighted by Gasteiger charge is 2.41. The van der Waals surface area contributed by atoms with E-state index < -0.39 is 0 Å². The largest absolute Gasteiger partial charge is 0.393 e. The summed E-state index contributed by atoms with van der Waals surface area (Å²) in [7, 11) is 0. The predicted octanol–water partition coefficient (Wildman–Crippen LogP) is 0.717. The zero-order valence-electron chi connectivity index (χ0n) is 13.3. The standard InChI is InChI=1S/C16H28N2O3/c1-16(2)7-14(19)3-5-17(11-16)15(20)12-8-18(9-12)13-4-6-21-10-13/h12-14,19H,3-11H2,1-2H3. The smallest absolute Gasteiger partial charge is 0.228 e. The molecule has 3 rings (SSSR count). The van der Waals surface area contributed by atoms with Crippen molar-refractivity contribution in [2.24, 2.45) is 11.3 Å². The van der Waals surface area contributed by atoms with Gasteiger partial charge in [0.25, 0.3) is 0 Å². The zero-order chi connectivity index (χ0) is 15.0. The van der Waals surface area contributed by atoms with Gasteiger partial charge in [0, 0.05) is 38.8 Å². The highest BCUT2D eigenvalue weighted by Crippen LogP contribution is 2.31. The van der Waals surface area contributed by atoms with Gasteiger partial charge in [0.05, 0.1) is 18.6 Å². The number of nitrogens with zero attached hydrogens (tertiary/aromatic N) is 2. The molecule has 0 saturated carbocycles. The summed E-state index contributed by atoms with van der Waals surface area (Å²) in [4.78, 5) is 17.0. The molecule has 0 radical (unpaired) electrons. The first-order chi connectivity index (χ1) is 9.94. The molecule has 0 aliphatic carbocycles. The van der Waals surface area contributed by atoms with Gasteiger partial charge in [-0.3, -0.25) is 9.69 Å². The number of carbonyl (C=O) groups is 1. The third-order valence-electron chi connectivity index (χ3n) is 5.13. The molecule has 3 aliphatic rings. The van der Waals surface area contributed by atoms with E-state index in [1.807, 2.05) is 4.90 Å². The van der Waals surface area contributed by atoms with Gasteiger partial charge in [-0.2, -0.15) is 0 Å². The molecule has 3 fully saturated rings. The maximum Gasteiger partial charge on any atom is 0.228 e. The Balaban J connectivity index is 1.53. The van der Waals surface area contributed by atoms with E-state index >= 15 is 0 Å². The molecular weight excluding hydrogens is 268 g/mol. The minimum Gasteiger partial charge on any atom is -0.393 e. The fraction of sp³-hybridized carbons (Fsp3) is 0.938. The van der Waals surface area contributed by atoms with Gasteiger partial charge in [0.15, 0.2) is 0 Å². The maximum atomic E-state index is 12.7. The second-order valence-corrected chi connectivity index (χ2v) is 7.74. The first-order valence-corrected chi connectivity index (χ1v) is 8.23. The molecule has 3 saturated heterocycles. The number of amides is 1. The number of rotatable bonds is 2. The van der Waals surface area contributed by atoms with Crippen LogP contribution < -0.4 is 0 Å². The van der Waals surface area contributed by atoms with Crippen LogP contribution in [0.25, 0.3) is 0 Å². The van der Waals surface area contributed by atoms with Crippen LogP contribution in [0.2, 0.25) is 0 Å². The Kier molecular flexibility index (Phi) is 4.26. The van der Waals surface area contributed by atoms with Crippen LogP contribution in [0.3, 0.4) is 0 Å². The summed E-state index contributed by atoms with van der Waals surface area (Å²) in [6, 6.07) is 0.524. The van der Waals surface area contributed by atoms with Crippen molar-refractivity contribution in [3.05, 3.63) is 0 Å². The second-order valence-electron chi connectivity index (χ2n) is 7.74. The van der Waals surface area contributed by atoms with E-state index in [1.54, 1.807) is 0 Å². The maximum absolute atomic E-state index is 12.7. The number of hydrogen-bond donors (Lipinski definition) is 1. The molecule has 5 nitrogen and oxygen atoms in total. The average Bonchev–Trinajstić information content (AvgIpc) is 2.80. The van der Waals surface area contributed by atoms with Crippen LogP contribution in [-0.4, -0.2) is 72.4 Å². The summed E-state index contributed by atoms with van der Waals surface area (Å²) in [5.41, 5.74) is 0.00824. The molecular formula is C16H28N2O3. The number of likely N-dealkylation sites (tertiary alicyclic amines) is 2. The molecule has 2 atom stereocenters. The zero-order valence-corrected chi connectivity index (χ0v) is 13.3. The number of hydrogen-bond acceptors (Lipinski definition) is 4. The van der Waals surface area contributed by atoms with Gasteiger partial charge < -0.3 is 14.7 Å². The second kappa shape index (κ2) is 5.86. The third-order valence-corrected chi connectivity index (χ3v) is 5.13. The lowest BCUT2D eigenvalue weighted by Gasteiger charge is -2.44. The van der Waals surface area contributed by atoms with Crippen LogP contribution in [-0.2, 0) is 9.53 Å². The molecule has 0 spiro atoms. The van der Waals surface area contributed by atoms with Crippen LogP contribution in [0.15, 0.2) is 0 Å². The molecule has 120 valence electrons. The van der Waals surface area contributed by atoms with Gasteiger partial charge in [0.1, 0.15) is 0 Å². The molecule has 0 aromatic carbocycles. The topological polar surface area (TPSA) is 53.0 Å². The van der Waals surface area contributed by atoms with E-state index in [0.29, 0.717) is 19.0 Å². The van der Waals surface area contributed by atoms with Gasteiger partial charge in [-0.05, 0) is 24.7 Å². The normalized spacial score (nSPS) is 34.5. The van der Waals surface area contributed by atoms with Crippen LogP contribution in [0, 0.1) is 11.3 Å². The number of ether oxygens (including phenoxy) is 1. The van der Waals surface area contributed by atoms with Crippen molar-refractivity contribution >= 4 is 5.91 Å². The highest BCUT2D eigenvalue weighted by molar-refractivity contribution is 5.80. The van der Waals surface area contributed by atoms with E-state index in [2.05, 4.69) is 18.7 Å². The van der Waals surface area contributed by atoms with Crippen molar-refractivity contribution in [2.75, 3.05) is 39.4 Å². The van der Waals surface area contributed by atoms with Crippen molar-refractivity contribution < 1.29 is 14.6 Å². The van der Waals surface area contributed by atoms with E-state index in [9.17, 15) is 9.90 Å². The van der Waals surface area contributed by atoms with Crippen LogP contribution in [0.5, 0.6) is 0 Å². The fourth-order valence-electron chi connectivity index (χ4n) is 3.93. The SMILES string of the molecule is CC1(C)CC(O)CCN(C(=O)C2CN(C3CCOC3)C2)C1. The van der Waals surface area contributed by atoms with Gasteiger partial charge in [-0.25, -0.2) is 0 Å². The lowest BCUT2D eigenvalue weighted by Crippen LogP contribution is -2.58. The van der Waals surface area contributed by atoms with E-state index in [-0.39, 0.29) is 23.3 Å². The summed E-state index contributed by atoms with van der Waals surface area (Å²) in [5, 5.41) is 9.96. The first kappa shape index (κ1) is 15.3. The third kappa shape index (κ3) is 3.41. The van der Waals surface area contributed by atoms with Crippen molar-refractivity contribution in [3.63, 3.8) is 0 Å². The van der Waals surface area contributed by atoms with E-state index in [0.717, 1.165) is 45.7 Å². The van der Waals surface area contributed by atoms with Crippen molar-refractivity contribution in [1.82, 2.24) is 9.80 Å². The number of aliphatic hydroxyl groups is 1. The molecule has 1 N–H and O–H groups in total. The molecule has 21 heavy (non-hydrogen) atoms. The Morgan fingerprint density at radius 1 is 1.29 bits per heavy atom. The van der Waals surface area contributed by atoms with Gasteiger partial charge in [0.2, 0.25) is 5.91 Å². The molecule has 5 heteroatoms.